The molecule has 0 aromatic heterocycles. The number of carbonyl (C=O) groups is 1. The van der Waals surface area contributed by atoms with Crippen molar-refractivity contribution in [1.82, 2.24) is 4.90 Å². The van der Waals surface area contributed by atoms with Crippen LogP contribution in [0.3, 0.4) is 0 Å². The molecule has 1 aliphatic rings. The first kappa shape index (κ1) is 13.5. The smallest absolute Gasteiger partial charge is 0.239 e. The summed E-state index contributed by atoms with van der Waals surface area (Å²) >= 11 is 0. The molecule has 2 N–H and O–H groups in total. The number of rotatable bonds is 6. The predicted molar refractivity (Wildman–Crippen MR) is 64.1 cm³/mol. The Hall–Kier alpha value is -0.610. The monoisotopic (exact) mass is 228 g/mol. The van der Waals surface area contributed by atoms with Crippen LogP contribution in [0.2, 0.25) is 0 Å². The Morgan fingerprint density at radius 3 is 2.94 bits per heavy atom. The maximum Gasteiger partial charge on any atom is 0.239 e. The van der Waals surface area contributed by atoms with Crippen molar-refractivity contribution in [3.8, 4) is 0 Å². The molecule has 1 heterocycles. The maximum atomic E-state index is 11.6. The molecular weight excluding hydrogens is 204 g/mol. The summed E-state index contributed by atoms with van der Waals surface area (Å²) in [5.74, 6) is 0.753. The third-order valence-electron chi connectivity index (χ3n) is 2.92. The van der Waals surface area contributed by atoms with E-state index in [9.17, 15) is 4.79 Å². The van der Waals surface area contributed by atoms with Crippen molar-refractivity contribution in [2.24, 2.45) is 11.7 Å². The third-order valence-corrected chi connectivity index (χ3v) is 2.92. The van der Waals surface area contributed by atoms with Crippen molar-refractivity contribution in [1.29, 1.82) is 0 Å². The van der Waals surface area contributed by atoms with Crippen LogP contribution >= 0.6 is 0 Å². The molecule has 94 valence electrons. The van der Waals surface area contributed by atoms with Gasteiger partial charge >= 0.3 is 0 Å². The number of ether oxygens (including phenoxy) is 1. The standard InChI is InChI=1S/C12H24N2O2/c1-10(2)5-8-16-9-7-14-6-3-4-11(13)12(14)15/h10-11H,3-9,13H2,1-2H3. The van der Waals surface area contributed by atoms with Crippen LogP contribution in [0.4, 0.5) is 0 Å². The van der Waals surface area contributed by atoms with Crippen LogP contribution in [0, 0.1) is 5.92 Å². The molecule has 0 aliphatic carbocycles. The summed E-state index contributed by atoms with van der Waals surface area (Å²) in [4.78, 5) is 13.5. The van der Waals surface area contributed by atoms with Crippen LogP contribution in [0.5, 0.6) is 0 Å². The molecule has 0 aromatic carbocycles. The second-order valence-corrected chi connectivity index (χ2v) is 4.87. The van der Waals surface area contributed by atoms with Gasteiger partial charge in [-0.15, -0.1) is 0 Å². The zero-order valence-corrected chi connectivity index (χ0v) is 10.4. The number of nitrogens with zero attached hydrogens (tertiary/aromatic N) is 1. The Balaban J connectivity index is 2.10. The van der Waals surface area contributed by atoms with Crippen LogP contribution in [0.15, 0.2) is 0 Å². The second-order valence-electron chi connectivity index (χ2n) is 4.87. The van der Waals surface area contributed by atoms with Crippen LogP contribution in [0.25, 0.3) is 0 Å². The van der Waals surface area contributed by atoms with E-state index >= 15 is 0 Å². The zero-order chi connectivity index (χ0) is 12.0. The van der Waals surface area contributed by atoms with Gasteiger partial charge in [0.15, 0.2) is 0 Å². The fraction of sp³-hybridized carbons (Fsp3) is 0.917. The van der Waals surface area contributed by atoms with Crippen LogP contribution < -0.4 is 5.73 Å². The molecule has 1 atom stereocenters. The van der Waals surface area contributed by atoms with E-state index in [1.165, 1.54) is 0 Å². The molecule has 1 fully saturated rings. The zero-order valence-electron chi connectivity index (χ0n) is 10.4. The molecule has 1 rings (SSSR count). The minimum Gasteiger partial charge on any atom is -0.380 e. The molecule has 1 unspecified atom stereocenters. The third kappa shape index (κ3) is 4.49. The number of amides is 1. The minimum atomic E-state index is -0.288. The molecule has 0 radical (unpaired) electrons. The number of nitrogens with two attached hydrogens (primary N) is 1. The highest BCUT2D eigenvalue weighted by atomic mass is 16.5. The molecule has 0 spiro atoms. The summed E-state index contributed by atoms with van der Waals surface area (Å²) in [6.45, 7) is 7.29. The highest BCUT2D eigenvalue weighted by Gasteiger charge is 2.24. The minimum absolute atomic E-state index is 0.0821. The lowest BCUT2D eigenvalue weighted by Crippen LogP contribution is -2.49. The molecule has 0 saturated carbocycles. The summed E-state index contributed by atoms with van der Waals surface area (Å²) in [6.07, 6.45) is 2.91. The largest absolute Gasteiger partial charge is 0.380 e. The summed E-state index contributed by atoms with van der Waals surface area (Å²) in [7, 11) is 0. The Morgan fingerprint density at radius 1 is 1.50 bits per heavy atom. The molecule has 0 bridgehead atoms. The number of likely N-dealkylation sites (tertiary alicyclic amines) is 1. The highest BCUT2D eigenvalue weighted by molar-refractivity contribution is 5.82. The first-order chi connectivity index (χ1) is 7.61. The average Bonchev–Trinajstić information content (AvgIpc) is 2.23. The predicted octanol–water partition coefficient (Wildman–Crippen LogP) is 0.999. The van der Waals surface area contributed by atoms with Gasteiger partial charge in [-0.05, 0) is 25.2 Å². The molecule has 1 saturated heterocycles. The summed E-state index contributed by atoms with van der Waals surface area (Å²) in [5, 5.41) is 0. The van der Waals surface area contributed by atoms with E-state index in [0.29, 0.717) is 19.1 Å². The van der Waals surface area contributed by atoms with E-state index < -0.39 is 0 Å². The van der Waals surface area contributed by atoms with Crippen LogP contribution in [0.1, 0.15) is 33.1 Å². The van der Waals surface area contributed by atoms with E-state index in [2.05, 4.69) is 13.8 Å². The van der Waals surface area contributed by atoms with Gasteiger partial charge < -0.3 is 15.4 Å². The number of hydrogen-bond acceptors (Lipinski definition) is 3. The van der Waals surface area contributed by atoms with Gasteiger partial charge in [0.05, 0.1) is 12.6 Å². The summed E-state index contributed by atoms with van der Waals surface area (Å²) in [6, 6.07) is -0.288. The van der Waals surface area contributed by atoms with Crippen molar-refractivity contribution in [3.05, 3.63) is 0 Å². The quantitative estimate of drug-likeness (QED) is 0.690. The Labute approximate surface area is 98.1 Å². The van der Waals surface area contributed by atoms with Gasteiger partial charge in [-0.25, -0.2) is 0 Å². The average molecular weight is 228 g/mol. The van der Waals surface area contributed by atoms with Crippen LogP contribution in [-0.2, 0) is 9.53 Å². The van der Waals surface area contributed by atoms with Gasteiger partial charge in [-0.3, -0.25) is 4.79 Å². The van der Waals surface area contributed by atoms with E-state index in [-0.39, 0.29) is 11.9 Å². The second kappa shape index (κ2) is 6.86. The lowest BCUT2D eigenvalue weighted by Gasteiger charge is -2.30. The molecule has 1 aliphatic heterocycles. The fourth-order valence-electron chi connectivity index (χ4n) is 1.79. The normalized spacial score (nSPS) is 21.9. The highest BCUT2D eigenvalue weighted by Crippen LogP contribution is 2.09. The lowest BCUT2D eigenvalue weighted by molar-refractivity contribution is -0.135. The van der Waals surface area contributed by atoms with E-state index in [4.69, 9.17) is 10.5 Å². The maximum absolute atomic E-state index is 11.6. The molecule has 1 amide bonds. The van der Waals surface area contributed by atoms with E-state index in [1.807, 2.05) is 4.90 Å². The van der Waals surface area contributed by atoms with E-state index in [1.54, 1.807) is 0 Å². The Kier molecular flexibility index (Phi) is 5.77. The van der Waals surface area contributed by atoms with Gasteiger partial charge in [0.25, 0.3) is 0 Å². The summed E-state index contributed by atoms with van der Waals surface area (Å²) in [5.41, 5.74) is 5.71. The summed E-state index contributed by atoms with van der Waals surface area (Å²) < 4.78 is 5.50. The fourth-order valence-corrected chi connectivity index (χ4v) is 1.79. The number of hydrogen-bond donors (Lipinski definition) is 1. The molecule has 16 heavy (non-hydrogen) atoms. The van der Waals surface area contributed by atoms with Gasteiger partial charge in [0.1, 0.15) is 0 Å². The van der Waals surface area contributed by atoms with Gasteiger partial charge in [0, 0.05) is 19.7 Å². The van der Waals surface area contributed by atoms with Crippen LogP contribution in [-0.4, -0.2) is 43.2 Å². The van der Waals surface area contributed by atoms with Crippen molar-refractivity contribution >= 4 is 5.91 Å². The SMILES string of the molecule is CC(C)CCOCCN1CCCC(N)C1=O. The first-order valence-corrected chi connectivity index (χ1v) is 6.23. The van der Waals surface area contributed by atoms with Gasteiger partial charge in [-0.1, -0.05) is 13.8 Å². The van der Waals surface area contributed by atoms with Gasteiger partial charge in [0.2, 0.25) is 5.91 Å². The topological polar surface area (TPSA) is 55.6 Å². The lowest BCUT2D eigenvalue weighted by atomic mass is 10.1. The van der Waals surface area contributed by atoms with E-state index in [0.717, 1.165) is 32.4 Å². The molecule has 0 aromatic rings. The van der Waals surface area contributed by atoms with Crippen molar-refractivity contribution < 1.29 is 9.53 Å². The van der Waals surface area contributed by atoms with Crippen molar-refractivity contribution in [2.75, 3.05) is 26.3 Å². The first-order valence-electron chi connectivity index (χ1n) is 6.23. The molecule has 4 nitrogen and oxygen atoms in total. The Morgan fingerprint density at radius 2 is 2.25 bits per heavy atom. The molecular formula is C12H24N2O2. The molecule has 4 heteroatoms. The Bertz CT molecular complexity index is 219. The number of piperidine rings is 1. The number of carbonyl (C=O) groups excluding carboxylic acids is 1. The van der Waals surface area contributed by atoms with Gasteiger partial charge in [-0.2, -0.15) is 0 Å². The van der Waals surface area contributed by atoms with Crippen molar-refractivity contribution in [2.45, 2.75) is 39.2 Å². The van der Waals surface area contributed by atoms with Crippen molar-refractivity contribution in [3.63, 3.8) is 0 Å².